The van der Waals surface area contributed by atoms with Crippen LogP contribution in [0.3, 0.4) is 0 Å². The van der Waals surface area contributed by atoms with E-state index < -0.39 is 0 Å². The molecule has 1 aromatic carbocycles. The molecule has 0 bridgehead atoms. The monoisotopic (exact) mass is 264 g/mol. The third-order valence-corrected chi connectivity index (χ3v) is 2.99. The highest BCUT2D eigenvalue weighted by Gasteiger charge is 2.24. The highest BCUT2D eigenvalue weighted by Crippen LogP contribution is 2.31. The molecule has 106 valence electrons. The predicted octanol–water partition coefficient (Wildman–Crippen LogP) is 3.92. The predicted molar refractivity (Wildman–Crippen MR) is 76.5 cm³/mol. The van der Waals surface area contributed by atoms with Gasteiger partial charge in [0, 0.05) is 5.56 Å². The van der Waals surface area contributed by atoms with Crippen molar-refractivity contribution < 1.29 is 14.3 Å². The van der Waals surface area contributed by atoms with E-state index in [1.165, 1.54) is 7.11 Å². The van der Waals surface area contributed by atoms with Crippen molar-refractivity contribution in [1.82, 2.24) is 0 Å². The summed E-state index contributed by atoms with van der Waals surface area (Å²) < 4.78 is 10.7. The normalized spacial score (nSPS) is 12.3. The van der Waals surface area contributed by atoms with Gasteiger partial charge in [-0.2, -0.15) is 0 Å². The molecule has 0 amide bonds. The molecular weight excluding hydrogens is 240 g/mol. The first-order chi connectivity index (χ1) is 9.10. The van der Waals surface area contributed by atoms with Crippen LogP contribution in [0.15, 0.2) is 24.3 Å². The summed E-state index contributed by atoms with van der Waals surface area (Å²) in [6, 6.07) is 7.73. The second-order valence-corrected chi connectivity index (χ2v) is 4.92. The molecule has 0 spiro atoms. The molecule has 0 fully saturated rings. The molecule has 0 aromatic heterocycles. The molecule has 0 aliphatic rings. The molecule has 0 heterocycles. The fourth-order valence-corrected chi connectivity index (χ4v) is 2.08. The van der Waals surface area contributed by atoms with Crippen LogP contribution in [0.2, 0.25) is 0 Å². The quantitative estimate of drug-likeness (QED) is 0.700. The average Bonchev–Trinajstić information content (AvgIpc) is 2.39. The Hall–Kier alpha value is -1.51. The van der Waals surface area contributed by atoms with Crippen LogP contribution >= 0.6 is 0 Å². The Bertz CT molecular complexity index is 399. The lowest BCUT2D eigenvalue weighted by Gasteiger charge is -2.20. The molecule has 0 N–H and O–H groups in total. The third-order valence-electron chi connectivity index (χ3n) is 2.99. The van der Waals surface area contributed by atoms with E-state index in [1.54, 1.807) is 0 Å². The number of ether oxygens (including phenoxy) is 2. The average molecular weight is 264 g/mol. The van der Waals surface area contributed by atoms with Gasteiger partial charge in [0.25, 0.3) is 0 Å². The number of methoxy groups -OCH3 is 1. The summed E-state index contributed by atoms with van der Waals surface area (Å²) in [4.78, 5) is 12.0. The van der Waals surface area contributed by atoms with Crippen molar-refractivity contribution in [2.75, 3.05) is 7.11 Å². The van der Waals surface area contributed by atoms with Gasteiger partial charge < -0.3 is 9.47 Å². The second kappa shape index (κ2) is 7.82. The zero-order valence-corrected chi connectivity index (χ0v) is 12.3. The molecule has 3 heteroatoms. The first-order valence-corrected chi connectivity index (χ1v) is 6.93. The molecule has 1 unspecified atom stereocenters. The van der Waals surface area contributed by atoms with Crippen LogP contribution < -0.4 is 4.74 Å². The number of esters is 1. The molecule has 0 aliphatic carbocycles. The van der Waals surface area contributed by atoms with Gasteiger partial charge in [0.1, 0.15) is 5.75 Å². The Balaban J connectivity index is 3.03. The lowest BCUT2D eigenvalue weighted by atomic mass is 9.93. The molecule has 1 atom stereocenters. The number of carbonyl (C=O) groups is 1. The maximum atomic E-state index is 12.0. The number of rotatable bonds is 7. The fraction of sp³-hybridized carbons (Fsp3) is 0.562. The standard InChI is InChI=1S/C16H24O3/c1-5-6-9-14(16(17)18-4)13-10-7-8-11-15(13)19-12(2)3/h7-8,10-12,14H,5-6,9H2,1-4H3. The van der Waals surface area contributed by atoms with Crippen molar-refractivity contribution in [2.45, 2.75) is 52.1 Å². The van der Waals surface area contributed by atoms with E-state index in [1.807, 2.05) is 38.1 Å². The van der Waals surface area contributed by atoms with Crippen molar-refractivity contribution in [3.05, 3.63) is 29.8 Å². The van der Waals surface area contributed by atoms with E-state index in [4.69, 9.17) is 9.47 Å². The molecule has 0 radical (unpaired) electrons. The van der Waals surface area contributed by atoms with Gasteiger partial charge in [0.05, 0.1) is 19.1 Å². The minimum atomic E-state index is -0.236. The van der Waals surface area contributed by atoms with Gasteiger partial charge in [-0.15, -0.1) is 0 Å². The van der Waals surface area contributed by atoms with Crippen LogP contribution in [0.4, 0.5) is 0 Å². The van der Waals surface area contributed by atoms with Crippen molar-refractivity contribution in [3.8, 4) is 5.75 Å². The summed E-state index contributed by atoms with van der Waals surface area (Å²) in [6.07, 6.45) is 2.93. The van der Waals surface area contributed by atoms with Crippen LogP contribution in [0.25, 0.3) is 0 Å². The van der Waals surface area contributed by atoms with Gasteiger partial charge in [-0.05, 0) is 26.3 Å². The van der Waals surface area contributed by atoms with Crippen molar-refractivity contribution in [3.63, 3.8) is 0 Å². The molecule has 19 heavy (non-hydrogen) atoms. The first kappa shape index (κ1) is 15.5. The number of hydrogen-bond donors (Lipinski definition) is 0. The zero-order valence-electron chi connectivity index (χ0n) is 12.3. The number of hydrogen-bond acceptors (Lipinski definition) is 3. The van der Waals surface area contributed by atoms with Gasteiger partial charge in [0.2, 0.25) is 0 Å². The Morgan fingerprint density at radius 3 is 2.53 bits per heavy atom. The number of carbonyl (C=O) groups excluding carboxylic acids is 1. The Morgan fingerprint density at radius 2 is 1.95 bits per heavy atom. The lowest BCUT2D eigenvalue weighted by molar-refractivity contribution is -0.142. The van der Waals surface area contributed by atoms with Crippen LogP contribution in [-0.2, 0) is 9.53 Å². The van der Waals surface area contributed by atoms with E-state index in [-0.39, 0.29) is 18.0 Å². The molecule has 0 aliphatic heterocycles. The van der Waals surface area contributed by atoms with Crippen LogP contribution in [0, 0.1) is 0 Å². The van der Waals surface area contributed by atoms with Crippen LogP contribution in [-0.4, -0.2) is 19.2 Å². The lowest BCUT2D eigenvalue weighted by Crippen LogP contribution is -2.17. The topological polar surface area (TPSA) is 35.5 Å². The summed E-state index contributed by atoms with van der Waals surface area (Å²) in [5.74, 6) is 0.358. The second-order valence-electron chi connectivity index (χ2n) is 4.92. The maximum absolute atomic E-state index is 12.0. The Morgan fingerprint density at radius 1 is 1.26 bits per heavy atom. The SMILES string of the molecule is CCCCC(C(=O)OC)c1ccccc1OC(C)C. The maximum Gasteiger partial charge on any atom is 0.313 e. The largest absolute Gasteiger partial charge is 0.491 e. The molecule has 1 aromatic rings. The van der Waals surface area contributed by atoms with Crippen molar-refractivity contribution in [1.29, 1.82) is 0 Å². The van der Waals surface area contributed by atoms with E-state index in [2.05, 4.69) is 6.92 Å². The minimum Gasteiger partial charge on any atom is -0.491 e. The number of unbranched alkanes of at least 4 members (excludes halogenated alkanes) is 1. The smallest absolute Gasteiger partial charge is 0.313 e. The van der Waals surface area contributed by atoms with E-state index in [9.17, 15) is 4.79 Å². The highest BCUT2D eigenvalue weighted by atomic mass is 16.5. The van der Waals surface area contributed by atoms with Crippen molar-refractivity contribution in [2.24, 2.45) is 0 Å². The summed E-state index contributed by atoms with van der Waals surface area (Å²) in [6.45, 7) is 6.08. The number of benzene rings is 1. The Labute approximate surface area is 115 Å². The van der Waals surface area contributed by atoms with Gasteiger partial charge in [-0.3, -0.25) is 4.79 Å². The van der Waals surface area contributed by atoms with Crippen LogP contribution in [0.5, 0.6) is 5.75 Å². The van der Waals surface area contributed by atoms with Gasteiger partial charge in [-0.25, -0.2) is 0 Å². The van der Waals surface area contributed by atoms with E-state index >= 15 is 0 Å². The summed E-state index contributed by atoms with van der Waals surface area (Å²) >= 11 is 0. The van der Waals surface area contributed by atoms with Crippen LogP contribution in [0.1, 0.15) is 51.5 Å². The fourth-order valence-electron chi connectivity index (χ4n) is 2.08. The van der Waals surface area contributed by atoms with Gasteiger partial charge in [0.15, 0.2) is 0 Å². The van der Waals surface area contributed by atoms with Gasteiger partial charge >= 0.3 is 5.97 Å². The minimum absolute atomic E-state index is 0.0885. The molecule has 3 nitrogen and oxygen atoms in total. The summed E-state index contributed by atoms with van der Waals surface area (Å²) in [5.41, 5.74) is 0.927. The number of para-hydroxylation sites is 1. The van der Waals surface area contributed by atoms with E-state index in [0.29, 0.717) is 0 Å². The molecule has 0 saturated carbocycles. The molecule has 0 saturated heterocycles. The molecular formula is C16H24O3. The highest BCUT2D eigenvalue weighted by molar-refractivity contribution is 5.79. The summed E-state index contributed by atoms with van der Waals surface area (Å²) in [7, 11) is 1.44. The van der Waals surface area contributed by atoms with Crippen molar-refractivity contribution >= 4 is 5.97 Å². The first-order valence-electron chi connectivity index (χ1n) is 6.93. The Kier molecular flexibility index (Phi) is 6.40. The van der Waals surface area contributed by atoms with Gasteiger partial charge in [-0.1, -0.05) is 38.0 Å². The zero-order chi connectivity index (χ0) is 14.3. The third kappa shape index (κ3) is 4.58. The molecule has 1 rings (SSSR count). The summed E-state index contributed by atoms with van der Waals surface area (Å²) in [5, 5.41) is 0. The van der Waals surface area contributed by atoms with E-state index in [0.717, 1.165) is 30.6 Å².